The summed E-state index contributed by atoms with van der Waals surface area (Å²) in [5.41, 5.74) is 1.99. The quantitative estimate of drug-likeness (QED) is 0.842. The van der Waals surface area contributed by atoms with Crippen molar-refractivity contribution in [1.82, 2.24) is 9.97 Å². The molecule has 1 unspecified atom stereocenters. The number of aromatic nitrogens is 2. The highest BCUT2D eigenvalue weighted by atomic mass is 32.2. The van der Waals surface area contributed by atoms with Crippen molar-refractivity contribution in [2.24, 2.45) is 0 Å². The molecule has 0 radical (unpaired) electrons. The summed E-state index contributed by atoms with van der Waals surface area (Å²) in [6, 6.07) is 8.16. The first-order valence-corrected chi connectivity index (χ1v) is 6.37. The van der Waals surface area contributed by atoms with Gasteiger partial charge in [-0.2, -0.15) is 0 Å². The first kappa shape index (κ1) is 12.1. The van der Waals surface area contributed by atoms with Gasteiger partial charge in [0.15, 0.2) is 0 Å². The van der Waals surface area contributed by atoms with Crippen LogP contribution in [0.25, 0.3) is 0 Å². The van der Waals surface area contributed by atoms with Crippen LogP contribution in [0.4, 0.5) is 0 Å². The minimum atomic E-state index is -0.527. The molecule has 1 heterocycles. The average molecular weight is 246 g/mol. The summed E-state index contributed by atoms with van der Waals surface area (Å²) in [6.45, 7) is 2.07. The molecule has 0 aliphatic heterocycles. The molecule has 1 N–H and O–H groups in total. The SMILES string of the molecule is Cc1ccccc1SCC(O)c1cncnc1. The van der Waals surface area contributed by atoms with Crippen molar-refractivity contribution < 1.29 is 5.11 Å². The number of thioether (sulfide) groups is 1. The van der Waals surface area contributed by atoms with E-state index < -0.39 is 6.10 Å². The first-order chi connectivity index (χ1) is 8.27. The Morgan fingerprint density at radius 1 is 1.24 bits per heavy atom. The summed E-state index contributed by atoms with van der Waals surface area (Å²) in [5.74, 6) is 0.609. The van der Waals surface area contributed by atoms with Crippen LogP contribution in [0.5, 0.6) is 0 Å². The van der Waals surface area contributed by atoms with Crippen molar-refractivity contribution >= 4 is 11.8 Å². The predicted molar refractivity (Wildman–Crippen MR) is 68.9 cm³/mol. The lowest BCUT2D eigenvalue weighted by Gasteiger charge is -2.10. The van der Waals surface area contributed by atoms with E-state index in [1.165, 1.54) is 16.8 Å². The van der Waals surface area contributed by atoms with Crippen LogP contribution in [0, 0.1) is 6.92 Å². The van der Waals surface area contributed by atoms with Crippen molar-refractivity contribution in [3.05, 3.63) is 54.1 Å². The summed E-state index contributed by atoms with van der Waals surface area (Å²) in [4.78, 5) is 8.99. The van der Waals surface area contributed by atoms with E-state index in [0.29, 0.717) is 5.75 Å². The Bertz CT molecular complexity index is 476. The molecule has 0 aliphatic carbocycles. The molecule has 4 heteroatoms. The van der Waals surface area contributed by atoms with Gasteiger partial charge in [-0.05, 0) is 18.6 Å². The number of aliphatic hydroxyl groups excluding tert-OH is 1. The molecule has 0 spiro atoms. The fourth-order valence-electron chi connectivity index (χ4n) is 1.47. The highest BCUT2D eigenvalue weighted by molar-refractivity contribution is 7.99. The Labute approximate surface area is 105 Å². The Morgan fingerprint density at radius 3 is 2.65 bits per heavy atom. The topological polar surface area (TPSA) is 46.0 Å². The molecule has 0 fully saturated rings. The van der Waals surface area contributed by atoms with Gasteiger partial charge in [0.2, 0.25) is 0 Å². The molecule has 0 saturated heterocycles. The van der Waals surface area contributed by atoms with E-state index in [-0.39, 0.29) is 0 Å². The largest absolute Gasteiger partial charge is 0.387 e. The van der Waals surface area contributed by atoms with Crippen LogP contribution < -0.4 is 0 Å². The second-order valence-corrected chi connectivity index (χ2v) is 4.83. The van der Waals surface area contributed by atoms with Crippen LogP contribution in [0.3, 0.4) is 0 Å². The van der Waals surface area contributed by atoms with Gasteiger partial charge in [-0.25, -0.2) is 9.97 Å². The van der Waals surface area contributed by atoms with Crippen molar-refractivity contribution in [2.75, 3.05) is 5.75 Å². The smallest absolute Gasteiger partial charge is 0.115 e. The number of aryl methyl sites for hydroxylation is 1. The van der Waals surface area contributed by atoms with Gasteiger partial charge < -0.3 is 5.11 Å². The highest BCUT2D eigenvalue weighted by Gasteiger charge is 2.09. The third-order valence-electron chi connectivity index (χ3n) is 2.46. The predicted octanol–water partition coefficient (Wildman–Crippen LogP) is 2.61. The third kappa shape index (κ3) is 3.28. The van der Waals surface area contributed by atoms with E-state index in [0.717, 1.165) is 5.56 Å². The molecule has 2 rings (SSSR count). The molecule has 1 aromatic carbocycles. The van der Waals surface area contributed by atoms with Crippen LogP contribution in [0.1, 0.15) is 17.2 Å². The van der Waals surface area contributed by atoms with Gasteiger partial charge in [0, 0.05) is 28.6 Å². The molecular formula is C13H14N2OS. The van der Waals surface area contributed by atoms with E-state index >= 15 is 0 Å². The zero-order valence-electron chi connectivity index (χ0n) is 9.58. The molecule has 1 atom stereocenters. The summed E-state index contributed by atoms with van der Waals surface area (Å²) in [5, 5.41) is 9.97. The van der Waals surface area contributed by atoms with E-state index in [4.69, 9.17) is 0 Å². The molecule has 1 aromatic heterocycles. The van der Waals surface area contributed by atoms with Crippen molar-refractivity contribution in [1.29, 1.82) is 0 Å². The van der Waals surface area contributed by atoms with E-state index in [1.54, 1.807) is 24.2 Å². The maximum atomic E-state index is 9.97. The zero-order chi connectivity index (χ0) is 12.1. The maximum absolute atomic E-state index is 9.97. The average Bonchev–Trinajstić information content (AvgIpc) is 2.38. The van der Waals surface area contributed by atoms with Gasteiger partial charge >= 0.3 is 0 Å². The number of benzene rings is 1. The molecule has 2 aromatic rings. The van der Waals surface area contributed by atoms with Gasteiger partial charge in [0.25, 0.3) is 0 Å². The Hall–Kier alpha value is -1.39. The Balaban J connectivity index is 1.97. The first-order valence-electron chi connectivity index (χ1n) is 5.39. The molecule has 0 amide bonds. The van der Waals surface area contributed by atoms with Gasteiger partial charge in [-0.3, -0.25) is 0 Å². The zero-order valence-corrected chi connectivity index (χ0v) is 10.4. The minimum absolute atomic E-state index is 0.527. The van der Waals surface area contributed by atoms with Gasteiger partial charge in [-0.15, -0.1) is 11.8 Å². The molecule has 0 aliphatic rings. The summed E-state index contributed by atoms with van der Waals surface area (Å²) < 4.78 is 0. The van der Waals surface area contributed by atoms with Crippen molar-refractivity contribution in [2.45, 2.75) is 17.9 Å². The monoisotopic (exact) mass is 246 g/mol. The van der Waals surface area contributed by atoms with Crippen LogP contribution in [-0.4, -0.2) is 20.8 Å². The Morgan fingerprint density at radius 2 is 1.94 bits per heavy atom. The van der Waals surface area contributed by atoms with E-state index in [1.807, 2.05) is 12.1 Å². The summed E-state index contributed by atoms with van der Waals surface area (Å²) in [7, 11) is 0. The van der Waals surface area contributed by atoms with Crippen LogP contribution in [0.15, 0.2) is 47.9 Å². The number of nitrogens with zero attached hydrogens (tertiary/aromatic N) is 2. The van der Waals surface area contributed by atoms with Gasteiger partial charge in [-0.1, -0.05) is 18.2 Å². The van der Waals surface area contributed by atoms with Crippen LogP contribution in [0.2, 0.25) is 0 Å². The van der Waals surface area contributed by atoms with Crippen molar-refractivity contribution in [3.8, 4) is 0 Å². The number of hydrogen-bond acceptors (Lipinski definition) is 4. The van der Waals surface area contributed by atoms with Gasteiger partial charge in [0.1, 0.15) is 6.33 Å². The molecule has 88 valence electrons. The molecule has 0 bridgehead atoms. The normalized spacial score (nSPS) is 12.4. The van der Waals surface area contributed by atoms with Crippen molar-refractivity contribution in [3.63, 3.8) is 0 Å². The summed E-state index contributed by atoms with van der Waals surface area (Å²) >= 11 is 1.64. The highest BCUT2D eigenvalue weighted by Crippen LogP contribution is 2.26. The van der Waals surface area contributed by atoms with E-state index in [9.17, 15) is 5.11 Å². The number of hydrogen-bond donors (Lipinski definition) is 1. The third-order valence-corrected chi connectivity index (χ3v) is 3.71. The van der Waals surface area contributed by atoms with Gasteiger partial charge in [0.05, 0.1) is 6.10 Å². The standard InChI is InChI=1S/C13H14N2OS/c1-10-4-2-3-5-13(10)17-8-12(16)11-6-14-9-15-7-11/h2-7,9,12,16H,8H2,1H3. The lowest BCUT2D eigenvalue weighted by Crippen LogP contribution is -2.01. The molecule has 3 nitrogen and oxygen atoms in total. The van der Waals surface area contributed by atoms with E-state index in [2.05, 4.69) is 29.0 Å². The Kier molecular flexibility index (Phi) is 4.12. The minimum Gasteiger partial charge on any atom is -0.387 e. The lowest BCUT2D eigenvalue weighted by molar-refractivity contribution is 0.203. The lowest BCUT2D eigenvalue weighted by atomic mass is 10.2. The molecular weight excluding hydrogens is 232 g/mol. The summed E-state index contributed by atoms with van der Waals surface area (Å²) in [6.07, 6.45) is 4.23. The fourth-order valence-corrected chi connectivity index (χ4v) is 2.47. The second-order valence-electron chi connectivity index (χ2n) is 3.76. The fraction of sp³-hybridized carbons (Fsp3) is 0.231. The number of aliphatic hydroxyl groups is 1. The van der Waals surface area contributed by atoms with Crippen LogP contribution >= 0.6 is 11.8 Å². The second kappa shape index (κ2) is 5.80. The number of rotatable bonds is 4. The molecule has 0 saturated carbocycles. The maximum Gasteiger partial charge on any atom is 0.115 e. The van der Waals surface area contributed by atoms with Crippen LogP contribution in [-0.2, 0) is 0 Å². The molecule has 17 heavy (non-hydrogen) atoms.